The second-order valence-corrected chi connectivity index (χ2v) is 6.68. The first-order valence-corrected chi connectivity index (χ1v) is 9.50. The summed E-state index contributed by atoms with van der Waals surface area (Å²) in [4.78, 5) is 0. The van der Waals surface area contributed by atoms with E-state index < -0.39 is 0 Å². The molecule has 0 radical (unpaired) electrons. The lowest BCUT2D eigenvalue weighted by molar-refractivity contribution is 0.306. The summed E-state index contributed by atoms with van der Waals surface area (Å²) in [6, 6.07) is 21.2. The van der Waals surface area contributed by atoms with Crippen LogP contribution in [0.15, 0.2) is 71.8 Å². The Balaban J connectivity index is 1.63. The van der Waals surface area contributed by atoms with Gasteiger partial charge >= 0.3 is 0 Å². The third-order valence-electron chi connectivity index (χ3n) is 4.24. The Kier molecular flexibility index (Phi) is 7.36. The summed E-state index contributed by atoms with van der Waals surface area (Å²) >= 11 is 6.14. The molecule has 0 saturated carbocycles. The average molecular weight is 411 g/mol. The van der Waals surface area contributed by atoms with E-state index in [0.717, 1.165) is 22.4 Å². The Morgan fingerprint density at radius 3 is 2.38 bits per heavy atom. The van der Waals surface area contributed by atoms with Gasteiger partial charge in [-0.1, -0.05) is 48.0 Å². The Morgan fingerprint density at radius 2 is 1.62 bits per heavy atom. The first-order valence-electron chi connectivity index (χ1n) is 9.12. The van der Waals surface area contributed by atoms with Crippen LogP contribution < -0.4 is 19.6 Å². The number of hydrogen-bond donors (Lipinski definition) is 1. The van der Waals surface area contributed by atoms with Crippen molar-refractivity contribution in [2.24, 2.45) is 5.10 Å². The fourth-order valence-corrected chi connectivity index (χ4v) is 2.91. The number of benzene rings is 3. The SMILES string of the molecule is COc1ccc(CN/N=C/c2cc(Cl)ccc2OCc2ccccc2)cc1OC. The van der Waals surface area contributed by atoms with Gasteiger partial charge in [-0.15, -0.1) is 0 Å². The van der Waals surface area contributed by atoms with Crippen molar-refractivity contribution in [3.63, 3.8) is 0 Å². The minimum atomic E-state index is 0.475. The van der Waals surface area contributed by atoms with Crippen molar-refractivity contribution in [3.8, 4) is 17.2 Å². The van der Waals surface area contributed by atoms with Crippen molar-refractivity contribution >= 4 is 17.8 Å². The topological polar surface area (TPSA) is 52.1 Å². The smallest absolute Gasteiger partial charge is 0.161 e. The van der Waals surface area contributed by atoms with Crippen LogP contribution >= 0.6 is 11.6 Å². The van der Waals surface area contributed by atoms with Crippen molar-refractivity contribution in [1.82, 2.24) is 5.43 Å². The van der Waals surface area contributed by atoms with Gasteiger partial charge in [0.25, 0.3) is 0 Å². The van der Waals surface area contributed by atoms with Gasteiger partial charge in [-0.25, -0.2) is 0 Å². The molecule has 0 aliphatic carbocycles. The van der Waals surface area contributed by atoms with Gasteiger partial charge < -0.3 is 19.6 Å². The molecule has 1 N–H and O–H groups in total. The minimum Gasteiger partial charge on any atom is -0.493 e. The molecule has 0 fully saturated rings. The number of methoxy groups -OCH3 is 2. The molecule has 150 valence electrons. The van der Waals surface area contributed by atoms with Gasteiger partial charge in [0, 0.05) is 10.6 Å². The maximum Gasteiger partial charge on any atom is 0.161 e. The number of rotatable bonds is 9. The molecule has 29 heavy (non-hydrogen) atoms. The third kappa shape index (κ3) is 5.90. The van der Waals surface area contributed by atoms with E-state index in [9.17, 15) is 0 Å². The molecule has 0 spiro atoms. The number of halogens is 1. The highest BCUT2D eigenvalue weighted by atomic mass is 35.5. The van der Waals surface area contributed by atoms with Crippen LogP contribution in [0, 0.1) is 0 Å². The van der Waals surface area contributed by atoms with Gasteiger partial charge in [-0.05, 0) is 41.5 Å². The van der Waals surface area contributed by atoms with Crippen molar-refractivity contribution in [2.75, 3.05) is 14.2 Å². The van der Waals surface area contributed by atoms with E-state index >= 15 is 0 Å². The molecule has 5 nitrogen and oxygen atoms in total. The maximum atomic E-state index is 6.14. The quantitative estimate of drug-likeness (QED) is 0.395. The van der Waals surface area contributed by atoms with Gasteiger partial charge in [0.2, 0.25) is 0 Å². The van der Waals surface area contributed by atoms with Crippen LogP contribution in [0.25, 0.3) is 0 Å². The molecular weight excluding hydrogens is 388 g/mol. The number of nitrogens with one attached hydrogen (secondary N) is 1. The minimum absolute atomic E-state index is 0.475. The highest BCUT2D eigenvalue weighted by Gasteiger charge is 2.05. The molecular formula is C23H23ClN2O3. The molecule has 3 rings (SSSR count). The van der Waals surface area contributed by atoms with Crippen LogP contribution in [-0.4, -0.2) is 20.4 Å². The second-order valence-electron chi connectivity index (χ2n) is 6.24. The van der Waals surface area contributed by atoms with E-state index in [1.807, 2.05) is 60.7 Å². The summed E-state index contributed by atoms with van der Waals surface area (Å²) in [7, 11) is 3.23. The first kappa shape index (κ1) is 20.6. The van der Waals surface area contributed by atoms with Crippen LogP contribution in [0.3, 0.4) is 0 Å². The summed E-state index contributed by atoms with van der Waals surface area (Å²) in [6.07, 6.45) is 1.70. The summed E-state index contributed by atoms with van der Waals surface area (Å²) in [5.41, 5.74) is 5.95. The molecule has 6 heteroatoms. The molecule has 0 unspecified atom stereocenters. The summed E-state index contributed by atoms with van der Waals surface area (Å²) in [5, 5.41) is 4.93. The molecule has 3 aromatic rings. The van der Waals surface area contributed by atoms with Crippen LogP contribution in [0.5, 0.6) is 17.2 Å². The standard InChI is InChI=1S/C23H23ClN2O3/c1-27-22-10-8-18(12-23(22)28-2)14-25-26-15-19-13-20(24)9-11-21(19)29-16-17-6-4-3-5-7-17/h3-13,15,25H,14,16H2,1-2H3/b26-15+. The predicted molar refractivity (Wildman–Crippen MR) is 116 cm³/mol. The molecule has 0 aromatic heterocycles. The monoisotopic (exact) mass is 410 g/mol. The maximum absolute atomic E-state index is 6.14. The van der Waals surface area contributed by atoms with Crippen molar-refractivity contribution in [1.29, 1.82) is 0 Å². The third-order valence-corrected chi connectivity index (χ3v) is 4.47. The molecule has 3 aromatic carbocycles. The molecule has 0 aliphatic heterocycles. The normalized spacial score (nSPS) is 10.7. The van der Waals surface area contributed by atoms with Gasteiger partial charge in [-0.3, -0.25) is 0 Å². The lowest BCUT2D eigenvalue weighted by Gasteiger charge is -2.10. The molecule has 0 amide bonds. The molecule has 0 aliphatic rings. The Morgan fingerprint density at radius 1 is 0.862 bits per heavy atom. The summed E-state index contributed by atoms with van der Waals surface area (Å²) in [5.74, 6) is 2.09. The zero-order chi connectivity index (χ0) is 20.5. The number of ether oxygens (including phenoxy) is 3. The average Bonchev–Trinajstić information content (AvgIpc) is 2.76. The van der Waals surface area contributed by atoms with Crippen molar-refractivity contribution < 1.29 is 14.2 Å². The molecule has 0 atom stereocenters. The van der Waals surface area contributed by atoms with E-state index in [-0.39, 0.29) is 0 Å². The van der Waals surface area contributed by atoms with Crippen LogP contribution in [-0.2, 0) is 13.2 Å². The number of hydrazone groups is 1. The second kappa shape index (κ2) is 10.4. The number of nitrogens with zero attached hydrogens (tertiary/aromatic N) is 1. The van der Waals surface area contributed by atoms with E-state index in [2.05, 4.69) is 10.5 Å². The Labute approximate surface area is 175 Å². The van der Waals surface area contributed by atoms with Crippen LogP contribution in [0.4, 0.5) is 0 Å². The van der Waals surface area contributed by atoms with Crippen molar-refractivity contribution in [2.45, 2.75) is 13.2 Å². The van der Waals surface area contributed by atoms with Gasteiger partial charge in [0.05, 0.1) is 27.0 Å². The van der Waals surface area contributed by atoms with Gasteiger partial charge in [0.15, 0.2) is 11.5 Å². The van der Waals surface area contributed by atoms with Gasteiger partial charge in [0.1, 0.15) is 12.4 Å². The fraction of sp³-hybridized carbons (Fsp3) is 0.174. The van der Waals surface area contributed by atoms with E-state index in [1.165, 1.54) is 0 Å². The lowest BCUT2D eigenvalue weighted by atomic mass is 10.2. The van der Waals surface area contributed by atoms with Gasteiger partial charge in [-0.2, -0.15) is 5.10 Å². The Hall–Kier alpha value is -3.18. The predicted octanol–water partition coefficient (Wildman–Crippen LogP) is 5.06. The Bertz CT molecular complexity index is 962. The molecule has 0 heterocycles. The molecule has 0 saturated heterocycles. The summed E-state index contributed by atoms with van der Waals surface area (Å²) in [6.45, 7) is 1.01. The number of hydrogen-bond acceptors (Lipinski definition) is 5. The fourth-order valence-electron chi connectivity index (χ4n) is 2.73. The first-order chi connectivity index (χ1) is 14.2. The van der Waals surface area contributed by atoms with E-state index in [0.29, 0.717) is 29.7 Å². The zero-order valence-corrected chi connectivity index (χ0v) is 17.1. The largest absolute Gasteiger partial charge is 0.493 e. The zero-order valence-electron chi connectivity index (χ0n) is 16.4. The molecule has 0 bridgehead atoms. The summed E-state index contributed by atoms with van der Waals surface area (Å²) < 4.78 is 16.5. The van der Waals surface area contributed by atoms with E-state index in [4.69, 9.17) is 25.8 Å². The van der Waals surface area contributed by atoms with E-state index in [1.54, 1.807) is 26.5 Å². The van der Waals surface area contributed by atoms with Crippen LogP contribution in [0.1, 0.15) is 16.7 Å². The van der Waals surface area contributed by atoms with Crippen molar-refractivity contribution in [3.05, 3.63) is 88.4 Å². The van der Waals surface area contributed by atoms with Crippen LogP contribution in [0.2, 0.25) is 5.02 Å². The highest BCUT2D eigenvalue weighted by Crippen LogP contribution is 2.27. The highest BCUT2D eigenvalue weighted by molar-refractivity contribution is 6.30. The lowest BCUT2D eigenvalue weighted by Crippen LogP contribution is -2.06.